The molecule has 164 valence electrons. The van der Waals surface area contributed by atoms with Gasteiger partial charge in [0, 0.05) is 0 Å². The summed E-state index contributed by atoms with van der Waals surface area (Å²) in [6.45, 7) is 9.44. The molecule has 3 aromatic carbocycles. The molecule has 0 amide bonds. The summed E-state index contributed by atoms with van der Waals surface area (Å²) in [5, 5.41) is 10.4. The van der Waals surface area contributed by atoms with Crippen LogP contribution in [0.3, 0.4) is 0 Å². The molecule has 0 aliphatic carbocycles. The Morgan fingerprint density at radius 1 is 0.677 bits per heavy atom. The van der Waals surface area contributed by atoms with Gasteiger partial charge in [-0.25, -0.2) is 0 Å². The fourth-order valence-corrected chi connectivity index (χ4v) is 4.76. The predicted octanol–water partition coefficient (Wildman–Crippen LogP) is 8.07. The second-order valence-electron chi connectivity index (χ2n) is 10.1. The van der Waals surface area contributed by atoms with Gasteiger partial charge in [-0.15, -0.1) is 0 Å². The molecule has 0 spiro atoms. The summed E-state index contributed by atoms with van der Waals surface area (Å²) < 4.78 is 0. The third-order valence-electron chi connectivity index (χ3n) is 7.16. The molecule has 0 aromatic heterocycles. The number of aromatic hydroxyl groups is 1. The Balaban J connectivity index is 1.70. The third-order valence-corrected chi connectivity index (χ3v) is 7.16. The molecule has 0 bridgehead atoms. The summed E-state index contributed by atoms with van der Waals surface area (Å²) >= 11 is 0. The second kappa shape index (κ2) is 10.2. The molecule has 0 aliphatic rings. The lowest BCUT2D eigenvalue weighted by atomic mass is 9.68. The van der Waals surface area contributed by atoms with Crippen molar-refractivity contribution >= 4 is 0 Å². The van der Waals surface area contributed by atoms with Crippen LogP contribution < -0.4 is 0 Å². The van der Waals surface area contributed by atoms with E-state index in [2.05, 4.69) is 94.4 Å². The van der Waals surface area contributed by atoms with E-state index in [-0.39, 0.29) is 10.8 Å². The standard InChI is InChI=1S/C30H38O/c1-29(2,25-16-7-5-8-17-25)22-14-13-20-27(23-24-15-11-12-21-28(24)31)30(3,4)26-18-9-6-10-19-26/h5-12,15-19,21,27,31H,13-14,20,22-23H2,1-4H3. The number of rotatable bonds is 10. The van der Waals surface area contributed by atoms with Crippen molar-refractivity contribution in [3.8, 4) is 5.75 Å². The van der Waals surface area contributed by atoms with E-state index in [1.54, 1.807) is 0 Å². The number of benzene rings is 3. The minimum absolute atomic E-state index is 0.0402. The van der Waals surface area contributed by atoms with Gasteiger partial charge in [-0.1, -0.05) is 119 Å². The van der Waals surface area contributed by atoms with Crippen LogP contribution in [0.2, 0.25) is 0 Å². The molecule has 0 heterocycles. The Morgan fingerprint density at radius 3 is 1.84 bits per heavy atom. The van der Waals surface area contributed by atoms with Crippen LogP contribution >= 0.6 is 0 Å². The van der Waals surface area contributed by atoms with Gasteiger partial charge in [0.15, 0.2) is 0 Å². The van der Waals surface area contributed by atoms with Crippen LogP contribution in [-0.4, -0.2) is 5.11 Å². The van der Waals surface area contributed by atoms with Gasteiger partial charge < -0.3 is 5.11 Å². The van der Waals surface area contributed by atoms with Crippen LogP contribution in [0.25, 0.3) is 0 Å². The fraction of sp³-hybridized carbons (Fsp3) is 0.400. The maximum absolute atomic E-state index is 10.4. The molecular weight excluding hydrogens is 376 g/mol. The summed E-state index contributed by atoms with van der Waals surface area (Å²) in [5.41, 5.74) is 4.09. The third kappa shape index (κ3) is 6.00. The molecule has 3 rings (SSSR count). The van der Waals surface area contributed by atoms with Gasteiger partial charge in [0.05, 0.1) is 0 Å². The number of hydrogen-bond donors (Lipinski definition) is 1. The SMILES string of the molecule is CC(C)(CCCCC(Cc1ccccc1O)C(C)(C)c1ccccc1)c1ccccc1. The van der Waals surface area contributed by atoms with Crippen LogP contribution in [0.4, 0.5) is 0 Å². The van der Waals surface area contributed by atoms with Gasteiger partial charge in [0.1, 0.15) is 5.75 Å². The van der Waals surface area contributed by atoms with Gasteiger partial charge in [-0.05, 0) is 58.8 Å². The van der Waals surface area contributed by atoms with E-state index < -0.39 is 0 Å². The van der Waals surface area contributed by atoms with Gasteiger partial charge in [-0.2, -0.15) is 0 Å². The van der Waals surface area contributed by atoms with Crippen molar-refractivity contribution in [2.45, 2.75) is 70.6 Å². The summed E-state index contributed by atoms with van der Waals surface area (Å²) in [5.74, 6) is 0.879. The lowest BCUT2D eigenvalue weighted by Crippen LogP contribution is -2.30. The van der Waals surface area contributed by atoms with E-state index in [9.17, 15) is 5.11 Å². The number of phenols is 1. The highest BCUT2D eigenvalue weighted by Gasteiger charge is 2.31. The average molecular weight is 415 g/mol. The lowest BCUT2D eigenvalue weighted by molar-refractivity contribution is 0.280. The fourth-order valence-electron chi connectivity index (χ4n) is 4.76. The van der Waals surface area contributed by atoms with Crippen LogP contribution in [0.1, 0.15) is 70.1 Å². The molecule has 0 saturated heterocycles. The Bertz CT molecular complexity index is 925. The van der Waals surface area contributed by atoms with Crippen LogP contribution in [-0.2, 0) is 17.3 Å². The normalized spacial score (nSPS) is 13.2. The van der Waals surface area contributed by atoms with Crippen molar-refractivity contribution in [2.75, 3.05) is 0 Å². The number of phenolic OH excluding ortho intramolecular Hbond substituents is 1. The van der Waals surface area contributed by atoms with Crippen molar-refractivity contribution in [1.82, 2.24) is 0 Å². The first-order valence-electron chi connectivity index (χ1n) is 11.7. The zero-order valence-corrected chi connectivity index (χ0v) is 19.6. The molecule has 1 nitrogen and oxygen atoms in total. The summed E-state index contributed by atoms with van der Waals surface area (Å²) in [7, 11) is 0. The van der Waals surface area contributed by atoms with Crippen molar-refractivity contribution in [3.63, 3.8) is 0 Å². The van der Waals surface area contributed by atoms with E-state index in [0.717, 1.165) is 18.4 Å². The molecule has 1 heteroatoms. The molecule has 0 radical (unpaired) electrons. The van der Waals surface area contributed by atoms with Crippen molar-refractivity contribution in [3.05, 3.63) is 102 Å². The Kier molecular flexibility index (Phi) is 7.59. The number of unbranched alkanes of at least 4 members (excludes halogenated alkanes) is 1. The van der Waals surface area contributed by atoms with Crippen molar-refractivity contribution < 1.29 is 5.11 Å². The summed E-state index contributed by atoms with van der Waals surface area (Å²) in [6.07, 6.45) is 5.65. The van der Waals surface area contributed by atoms with Gasteiger partial charge in [0.25, 0.3) is 0 Å². The molecule has 3 aromatic rings. The smallest absolute Gasteiger partial charge is 0.118 e. The van der Waals surface area contributed by atoms with Crippen LogP contribution in [0.5, 0.6) is 5.75 Å². The topological polar surface area (TPSA) is 20.2 Å². The Labute approximate surface area is 189 Å². The maximum atomic E-state index is 10.4. The molecule has 1 atom stereocenters. The molecular formula is C30H38O. The molecule has 0 saturated carbocycles. The van der Waals surface area contributed by atoms with Crippen LogP contribution in [0, 0.1) is 5.92 Å². The molecule has 1 unspecified atom stereocenters. The van der Waals surface area contributed by atoms with E-state index in [1.807, 2.05) is 18.2 Å². The summed E-state index contributed by atoms with van der Waals surface area (Å²) in [4.78, 5) is 0. The van der Waals surface area contributed by atoms with E-state index in [0.29, 0.717) is 11.7 Å². The molecule has 31 heavy (non-hydrogen) atoms. The zero-order chi connectivity index (χ0) is 22.3. The highest BCUT2D eigenvalue weighted by molar-refractivity contribution is 5.33. The zero-order valence-electron chi connectivity index (χ0n) is 19.6. The molecule has 0 fully saturated rings. The Morgan fingerprint density at radius 2 is 1.23 bits per heavy atom. The summed E-state index contributed by atoms with van der Waals surface area (Å²) in [6, 6.07) is 29.5. The van der Waals surface area contributed by atoms with E-state index in [1.165, 1.54) is 30.4 Å². The van der Waals surface area contributed by atoms with E-state index in [4.69, 9.17) is 0 Å². The first-order valence-corrected chi connectivity index (χ1v) is 11.7. The largest absolute Gasteiger partial charge is 0.508 e. The van der Waals surface area contributed by atoms with Gasteiger partial charge >= 0.3 is 0 Å². The first kappa shape index (κ1) is 23.1. The maximum Gasteiger partial charge on any atom is 0.118 e. The molecule has 1 N–H and O–H groups in total. The van der Waals surface area contributed by atoms with Crippen LogP contribution in [0.15, 0.2) is 84.9 Å². The highest BCUT2D eigenvalue weighted by Crippen LogP contribution is 2.39. The Hall–Kier alpha value is -2.54. The van der Waals surface area contributed by atoms with E-state index >= 15 is 0 Å². The first-order chi connectivity index (χ1) is 14.8. The lowest BCUT2D eigenvalue weighted by Gasteiger charge is -2.36. The minimum Gasteiger partial charge on any atom is -0.508 e. The molecule has 0 aliphatic heterocycles. The van der Waals surface area contributed by atoms with Gasteiger partial charge in [0.2, 0.25) is 0 Å². The van der Waals surface area contributed by atoms with Crippen molar-refractivity contribution in [2.24, 2.45) is 5.92 Å². The highest BCUT2D eigenvalue weighted by atomic mass is 16.3. The predicted molar refractivity (Wildman–Crippen MR) is 133 cm³/mol. The van der Waals surface area contributed by atoms with Gasteiger partial charge in [-0.3, -0.25) is 0 Å². The minimum atomic E-state index is 0.0402. The monoisotopic (exact) mass is 414 g/mol. The second-order valence-corrected chi connectivity index (χ2v) is 10.1. The number of hydrogen-bond acceptors (Lipinski definition) is 1. The quantitative estimate of drug-likeness (QED) is 0.333. The number of para-hydroxylation sites is 1. The van der Waals surface area contributed by atoms with Crippen molar-refractivity contribution in [1.29, 1.82) is 0 Å². The average Bonchev–Trinajstić information content (AvgIpc) is 2.78.